The van der Waals surface area contributed by atoms with Crippen molar-refractivity contribution in [2.45, 2.75) is 19.3 Å². The van der Waals surface area contributed by atoms with Gasteiger partial charge in [0.15, 0.2) is 0 Å². The Hall–Kier alpha value is -5.92. The number of anilines is 3. The van der Waals surface area contributed by atoms with Crippen molar-refractivity contribution >= 4 is 38.6 Å². The number of hydrogen-bond donors (Lipinski definition) is 0. The van der Waals surface area contributed by atoms with Crippen LogP contribution >= 0.6 is 0 Å². The molecular formula is C47H35N. The maximum Gasteiger partial charge on any atom is 0.0546 e. The van der Waals surface area contributed by atoms with Crippen molar-refractivity contribution in [3.63, 3.8) is 0 Å². The topological polar surface area (TPSA) is 3.24 Å². The Morgan fingerprint density at radius 1 is 0.396 bits per heavy atom. The Labute approximate surface area is 282 Å². The molecule has 0 aliphatic heterocycles. The summed E-state index contributed by atoms with van der Waals surface area (Å²) >= 11 is 0. The standard InChI is InChI=1S/C47H35N/c1-47(2)43-19-11-10-18-41(43)42-28-27-39(31-44(42)47)48(38-25-22-34(23-26-38)32-12-4-3-5-13-32)45-29-24-35-15-8-9-17-40(35)46(45)37-21-20-33-14-6-7-16-36(33)30-37/h3-31H,1-2H3. The molecule has 1 aliphatic rings. The molecule has 1 aliphatic carbocycles. The fourth-order valence-corrected chi connectivity index (χ4v) is 7.79. The Morgan fingerprint density at radius 2 is 1.00 bits per heavy atom. The quantitative estimate of drug-likeness (QED) is 0.187. The minimum atomic E-state index is -0.102. The van der Waals surface area contributed by atoms with E-state index in [2.05, 4.69) is 195 Å². The molecule has 0 N–H and O–H groups in total. The van der Waals surface area contributed by atoms with Gasteiger partial charge in [0, 0.05) is 22.4 Å². The van der Waals surface area contributed by atoms with Gasteiger partial charge in [-0.05, 0) is 96.9 Å². The van der Waals surface area contributed by atoms with Gasteiger partial charge in [-0.1, -0.05) is 153 Å². The smallest absolute Gasteiger partial charge is 0.0546 e. The average molecular weight is 614 g/mol. The lowest BCUT2D eigenvalue weighted by Gasteiger charge is -2.30. The minimum Gasteiger partial charge on any atom is -0.310 e. The van der Waals surface area contributed by atoms with E-state index < -0.39 is 0 Å². The molecule has 0 heterocycles. The predicted molar refractivity (Wildman–Crippen MR) is 205 cm³/mol. The summed E-state index contributed by atoms with van der Waals surface area (Å²) in [6.45, 7) is 4.72. The molecule has 0 aromatic heterocycles. The van der Waals surface area contributed by atoms with Crippen LogP contribution in [-0.2, 0) is 5.41 Å². The van der Waals surface area contributed by atoms with Gasteiger partial charge in [0.1, 0.15) is 0 Å². The van der Waals surface area contributed by atoms with Crippen molar-refractivity contribution in [2.24, 2.45) is 0 Å². The van der Waals surface area contributed by atoms with Crippen molar-refractivity contribution < 1.29 is 0 Å². The van der Waals surface area contributed by atoms with Gasteiger partial charge in [-0.25, -0.2) is 0 Å². The number of fused-ring (bicyclic) bond motifs is 5. The van der Waals surface area contributed by atoms with E-state index in [1.165, 1.54) is 66.1 Å². The lowest BCUT2D eigenvalue weighted by atomic mass is 9.82. The molecule has 48 heavy (non-hydrogen) atoms. The highest BCUT2D eigenvalue weighted by molar-refractivity contribution is 6.07. The second-order valence-corrected chi connectivity index (χ2v) is 13.4. The van der Waals surface area contributed by atoms with Crippen molar-refractivity contribution in [3.05, 3.63) is 187 Å². The van der Waals surface area contributed by atoms with E-state index in [1.54, 1.807) is 0 Å². The third kappa shape index (κ3) is 4.54. The molecule has 228 valence electrons. The van der Waals surface area contributed by atoms with Crippen LogP contribution in [0.5, 0.6) is 0 Å². The normalized spacial score (nSPS) is 13.0. The molecule has 1 heteroatoms. The second kappa shape index (κ2) is 11.1. The molecule has 9 rings (SSSR count). The van der Waals surface area contributed by atoms with Crippen LogP contribution in [0.2, 0.25) is 0 Å². The van der Waals surface area contributed by atoms with E-state index in [0.29, 0.717) is 0 Å². The van der Waals surface area contributed by atoms with Gasteiger partial charge in [-0.2, -0.15) is 0 Å². The molecule has 0 bridgehead atoms. The van der Waals surface area contributed by atoms with Crippen molar-refractivity contribution in [3.8, 4) is 33.4 Å². The number of hydrogen-bond acceptors (Lipinski definition) is 1. The van der Waals surface area contributed by atoms with Crippen LogP contribution in [0.1, 0.15) is 25.0 Å². The van der Waals surface area contributed by atoms with Crippen molar-refractivity contribution in [2.75, 3.05) is 4.90 Å². The highest BCUT2D eigenvalue weighted by Crippen LogP contribution is 2.52. The number of nitrogens with zero attached hydrogens (tertiary/aromatic N) is 1. The Kier molecular flexibility index (Phi) is 6.55. The zero-order valence-electron chi connectivity index (χ0n) is 27.2. The van der Waals surface area contributed by atoms with Gasteiger partial charge in [0.05, 0.1) is 5.69 Å². The first kappa shape index (κ1) is 28.3. The van der Waals surface area contributed by atoms with Gasteiger partial charge in [0.2, 0.25) is 0 Å². The van der Waals surface area contributed by atoms with E-state index in [-0.39, 0.29) is 5.41 Å². The molecule has 0 spiro atoms. The highest BCUT2D eigenvalue weighted by atomic mass is 15.1. The Balaban J connectivity index is 1.30. The van der Waals surface area contributed by atoms with Crippen LogP contribution in [0.3, 0.4) is 0 Å². The van der Waals surface area contributed by atoms with Crippen LogP contribution in [0.4, 0.5) is 17.1 Å². The first-order chi connectivity index (χ1) is 23.6. The zero-order chi connectivity index (χ0) is 32.2. The molecule has 0 amide bonds. The fraction of sp³-hybridized carbons (Fsp3) is 0.0638. The molecule has 0 saturated heterocycles. The lowest BCUT2D eigenvalue weighted by Crippen LogP contribution is -2.17. The Morgan fingerprint density at radius 3 is 1.83 bits per heavy atom. The highest BCUT2D eigenvalue weighted by Gasteiger charge is 2.36. The summed E-state index contributed by atoms with van der Waals surface area (Å²) in [5.74, 6) is 0. The fourth-order valence-electron chi connectivity index (χ4n) is 7.79. The SMILES string of the molecule is CC1(C)c2ccccc2-c2ccc(N(c3ccc(-c4ccccc4)cc3)c3ccc4ccccc4c3-c3ccc4ccccc4c3)cc21. The van der Waals surface area contributed by atoms with Gasteiger partial charge >= 0.3 is 0 Å². The van der Waals surface area contributed by atoms with Crippen LogP contribution in [0.15, 0.2) is 176 Å². The second-order valence-electron chi connectivity index (χ2n) is 13.4. The summed E-state index contributed by atoms with van der Waals surface area (Å²) in [4.78, 5) is 2.46. The molecule has 1 nitrogen and oxygen atoms in total. The zero-order valence-corrected chi connectivity index (χ0v) is 27.2. The van der Waals surface area contributed by atoms with E-state index in [4.69, 9.17) is 0 Å². The van der Waals surface area contributed by atoms with Crippen LogP contribution in [0, 0.1) is 0 Å². The van der Waals surface area contributed by atoms with E-state index in [9.17, 15) is 0 Å². The predicted octanol–water partition coefficient (Wildman–Crippen LogP) is 13.1. The third-order valence-electron chi connectivity index (χ3n) is 10.2. The van der Waals surface area contributed by atoms with Crippen molar-refractivity contribution in [1.82, 2.24) is 0 Å². The maximum atomic E-state index is 2.46. The summed E-state index contributed by atoms with van der Waals surface area (Å²) in [5, 5.41) is 4.96. The van der Waals surface area contributed by atoms with Gasteiger partial charge in [-0.3, -0.25) is 0 Å². The molecular weight excluding hydrogens is 579 g/mol. The molecule has 0 radical (unpaired) electrons. The summed E-state index contributed by atoms with van der Waals surface area (Å²) in [6.07, 6.45) is 0. The maximum absolute atomic E-state index is 2.46. The molecule has 0 atom stereocenters. The Bertz CT molecular complexity index is 2470. The van der Waals surface area contributed by atoms with Crippen LogP contribution in [0.25, 0.3) is 54.9 Å². The average Bonchev–Trinajstić information content (AvgIpc) is 3.37. The van der Waals surface area contributed by atoms with Crippen LogP contribution < -0.4 is 4.90 Å². The van der Waals surface area contributed by atoms with Gasteiger partial charge in [0.25, 0.3) is 0 Å². The largest absolute Gasteiger partial charge is 0.310 e. The number of rotatable bonds is 5. The third-order valence-corrected chi connectivity index (χ3v) is 10.2. The first-order valence-corrected chi connectivity index (χ1v) is 16.8. The van der Waals surface area contributed by atoms with Crippen molar-refractivity contribution in [1.29, 1.82) is 0 Å². The summed E-state index contributed by atoms with van der Waals surface area (Å²) in [7, 11) is 0. The lowest BCUT2D eigenvalue weighted by molar-refractivity contribution is 0.660. The minimum absolute atomic E-state index is 0.102. The molecule has 8 aromatic carbocycles. The number of benzene rings is 8. The van der Waals surface area contributed by atoms with E-state index >= 15 is 0 Å². The first-order valence-electron chi connectivity index (χ1n) is 16.8. The molecule has 0 unspecified atom stereocenters. The van der Waals surface area contributed by atoms with Gasteiger partial charge < -0.3 is 4.90 Å². The van der Waals surface area contributed by atoms with E-state index in [0.717, 1.165) is 17.1 Å². The van der Waals surface area contributed by atoms with E-state index in [1.807, 2.05) is 0 Å². The monoisotopic (exact) mass is 613 g/mol. The van der Waals surface area contributed by atoms with Crippen LogP contribution in [-0.4, -0.2) is 0 Å². The summed E-state index contributed by atoms with van der Waals surface area (Å²) < 4.78 is 0. The summed E-state index contributed by atoms with van der Waals surface area (Å²) in [6, 6.07) is 64.5. The molecule has 0 fully saturated rings. The molecule has 0 saturated carbocycles. The summed E-state index contributed by atoms with van der Waals surface area (Å²) in [5.41, 5.74) is 13.6. The molecule has 8 aromatic rings. The van der Waals surface area contributed by atoms with Gasteiger partial charge in [-0.15, -0.1) is 0 Å².